The highest BCUT2D eigenvalue weighted by molar-refractivity contribution is 5.67. The summed E-state index contributed by atoms with van der Waals surface area (Å²) in [5.74, 6) is 0. The lowest BCUT2D eigenvalue weighted by molar-refractivity contribution is 1.05. The van der Waals surface area contributed by atoms with Crippen LogP contribution >= 0.6 is 0 Å². The number of allylic oxidation sites excluding steroid dienone is 4. The summed E-state index contributed by atoms with van der Waals surface area (Å²) < 4.78 is 0. The summed E-state index contributed by atoms with van der Waals surface area (Å²) in [6.07, 6.45) is 8.81. The zero-order valence-electron chi connectivity index (χ0n) is 6.96. The second-order valence-electron chi connectivity index (χ2n) is 2.93. The monoisotopic (exact) mass is 155 g/mol. The Morgan fingerprint density at radius 1 is 1.25 bits per heavy atom. The van der Waals surface area contributed by atoms with Crippen LogP contribution in [0.25, 0.3) is 5.57 Å². The number of benzene rings is 1. The Morgan fingerprint density at radius 3 is 2.92 bits per heavy atom. The minimum absolute atomic E-state index is 1.15. The Hall–Kier alpha value is -1.30. The fourth-order valence-electron chi connectivity index (χ4n) is 1.42. The summed E-state index contributed by atoms with van der Waals surface area (Å²) in [6, 6.07) is 11.4. The van der Waals surface area contributed by atoms with E-state index in [0.29, 0.717) is 0 Å². The highest BCUT2D eigenvalue weighted by Gasteiger charge is 2.01. The lowest BCUT2D eigenvalue weighted by Crippen LogP contribution is -1.86. The summed E-state index contributed by atoms with van der Waals surface area (Å²) >= 11 is 0. The van der Waals surface area contributed by atoms with Crippen LogP contribution in [-0.2, 0) is 0 Å². The van der Waals surface area contributed by atoms with Crippen molar-refractivity contribution in [3.05, 3.63) is 54.1 Å². The average molecular weight is 155 g/mol. The van der Waals surface area contributed by atoms with E-state index in [1.807, 2.05) is 12.1 Å². The Labute approximate surface area is 73.2 Å². The second kappa shape index (κ2) is 3.40. The molecule has 0 N–H and O–H groups in total. The molecule has 0 amide bonds. The molecule has 0 atom stereocenters. The molecule has 0 heteroatoms. The standard InChI is InChI=1S/C12H11/c1-3-7-11(8-4-1)12-9-5-2-6-10-12/h1-5,7,9H,6,10H2. The van der Waals surface area contributed by atoms with E-state index in [4.69, 9.17) is 0 Å². The van der Waals surface area contributed by atoms with Crippen LogP contribution in [0.2, 0.25) is 0 Å². The van der Waals surface area contributed by atoms with Gasteiger partial charge < -0.3 is 0 Å². The van der Waals surface area contributed by atoms with Crippen molar-refractivity contribution in [3.63, 3.8) is 0 Å². The van der Waals surface area contributed by atoms with Crippen LogP contribution in [0.1, 0.15) is 18.4 Å². The Bertz CT molecular complexity index is 304. The summed E-state index contributed by atoms with van der Waals surface area (Å²) in [4.78, 5) is 0. The molecule has 0 aliphatic heterocycles. The molecule has 0 nitrogen and oxygen atoms in total. The Balaban J connectivity index is 2.31. The summed E-state index contributed by atoms with van der Waals surface area (Å²) in [5.41, 5.74) is 2.64. The van der Waals surface area contributed by atoms with Gasteiger partial charge in [0.05, 0.1) is 0 Å². The van der Waals surface area contributed by atoms with E-state index in [0.717, 1.165) is 12.8 Å². The first-order chi connectivity index (χ1) is 5.97. The van der Waals surface area contributed by atoms with Crippen LogP contribution in [0.3, 0.4) is 0 Å². The zero-order valence-corrected chi connectivity index (χ0v) is 6.96. The zero-order chi connectivity index (χ0) is 8.23. The van der Waals surface area contributed by atoms with Crippen LogP contribution in [0.5, 0.6) is 0 Å². The van der Waals surface area contributed by atoms with Gasteiger partial charge in [0, 0.05) is 0 Å². The van der Waals surface area contributed by atoms with Crippen LogP contribution in [0, 0.1) is 6.07 Å². The highest BCUT2D eigenvalue weighted by Crippen LogP contribution is 2.22. The lowest BCUT2D eigenvalue weighted by Gasteiger charge is -2.07. The molecule has 1 aromatic carbocycles. The molecule has 0 heterocycles. The van der Waals surface area contributed by atoms with Gasteiger partial charge in [-0.2, -0.15) is 0 Å². The first-order valence-corrected chi connectivity index (χ1v) is 4.29. The average Bonchev–Trinajstić information content (AvgIpc) is 2.21. The lowest BCUT2D eigenvalue weighted by atomic mass is 9.98. The van der Waals surface area contributed by atoms with Gasteiger partial charge in [0.25, 0.3) is 0 Å². The number of hydrogen-bond donors (Lipinski definition) is 0. The second-order valence-corrected chi connectivity index (χ2v) is 2.93. The number of rotatable bonds is 1. The van der Waals surface area contributed by atoms with Crippen molar-refractivity contribution in [1.29, 1.82) is 0 Å². The van der Waals surface area contributed by atoms with E-state index in [1.54, 1.807) is 0 Å². The van der Waals surface area contributed by atoms with Crippen molar-refractivity contribution >= 4 is 5.57 Å². The van der Waals surface area contributed by atoms with Gasteiger partial charge in [0.15, 0.2) is 0 Å². The third-order valence-corrected chi connectivity index (χ3v) is 2.07. The van der Waals surface area contributed by atoms with Crippen molar-refractivity contribution in [3.8, 4) is 0 Å². The predicted molar refractivity (Wildman–Crippen MR) is 51.6 cm³/mol. The van der Waals surface area contributed by atoms with Gasteiger partial charge in [0.1, 0.15) is 0 Å². The van der Waals surface area contributed by atoms with E-state index in [1.165, 1.54) is 11.1 Å². The van der Waals surface area contributed by atoms with Gasteiger partial charge in [-0.25, -0.2) is 0 Å². The highest BCUT2D eigenvalue weighted by atomic mass is 14.1. The van der Waals surface area contributed by atoms with Crippen LogP contribution in [0.4, 0.5) is 0 Å². The molecule has 1 aliphatic carbocycles. The van der Waals surface area contributed by atoms with E-state index in [-0.39, 0.29) is 0 Å². The van der Waals surface area contributed by atoms with Crippen molar-refractivity contribution in [2.75, 3.05) is 0 Å². The summed E-state index contributed by atoms with van der Waals surface area (Å²) in [7, 11) is 0. The molecule has 0 saturated heterocycles. The molecule has 12 heavy (non-hydrogen) atoms. The molecule has 2 rings (SSSR count). The van der Waals surface area contributed by atoms with E-state index in [2.05, 4.69) is 36.4 Å². The van der Waals surface area contributed by atoms with Crippen molar-refractivity contribution in [1.82, 2.24) is 0 Å². The molecule has 1 radical (unpaired) electrons. The fourth-order valence-corrected chi connectivity index (χ4v) is 1.42. The molecule has 0 spiro atoms. The normalized spacial score (nSPS) is 15.8. The van der Waals surface area contributed by atoms with Crippen LogP contribution in [0.15, 0.2) is 42.5 Å². The van der Waals surface area contributed by atoms with Crippen molar-refractivity contribution < 1.29 is 0 Å². The van der Waals surface area contributed by atoms with Gasteiger partial charge >= 0.3 is 0 Å². The Morgan fingerprint density at radius 2 is 2.25 bits per heavy atom. The van der Waals surface area contributed by atoms with E-state index >= 15 is 0 Å². The van der Waals surface area contributed by atoms with Gasteiger partial charge in [-0.3, -0.25) is 0 Å². The quantitative estimate of drug-likeness (QED) is 0.584. The van der Waals surface area contributed by atoms with Gasteiger partial charge in [0.2, 0.25) is 0 Å². The van der Waals surface area contributed by atoms with Gasteiger partial charge in [-0.15, -0.1) is 0 Å². The Kier molecular flexibility index (Phi) is 2.08. The predicted octanol–water partition coefficient (Wildman–Crippen LogP) is 3.22. The number of hydrogen-bond acceptors (Lipinski definition) is 0. The molecular formula is C12H11. The molecule has 0 bridgehead atoms. The van der Waals surface area contributed by atoms with Gasteiger partial charge in [-0.1, -0.05) is 42.5 Å². The van der Waals surface area contributed by atoms with E-state index in [9.17, 15) is 0 Å². The maximum Gasteiger partial charge on any atom is -0.0103 e. The fraction of sp³-hybridized carbons (Fsp3) is 0.167. The first-order valence-electron chi connectivity index (χ1n) is 4.29. The third-order valence-electron chi connectivity index (χ3n) is 2.07. The van der Waals surface area contributed by atoms with Gasteiger partial charge in [-0.05, 0) is 30.0 Å². The van der Waals surface area contributed by atoms with Crippen LogP contribution < -0.4 is 0 Å². The smallest absolute Gasteiger partial charge is 0.0103 e. The van der Waals surface area contributed by atoms with E-state index < -0.39 is 0 Å². The summed E-state index contributed by atoms with van der Waals surface area (Å²) in [5, 5.41) is 0. The van der Waals surface area contributed by atoms with Crippen LogP contribution in [-0.4, -0.2) is 0 Å². The topological polar surface area (TPSA) is 0 Å². The SMILES string of the molecule is [c]1ccccc1C1=CC=CCC1. The van der Waals surface area contributed by atoms with Crippen molar-refractivity contribution in [2.45, 2.75) is 12.8 Å². The molecular weight excluding hydrogens is 144 g/mol. The minimum atomic E-state index is 1.15. The minimum Gasteiger partial charge on any atom is -0.0842 e. The molecule has 0 unspecified atom stereocenters. The largest absolute Gasteiger partial charge is 0.0842 e. The maximum absolute atomic E-state index is 3.24. The maximum atomic E-state index is 3.24. The molecule has 59 valence electrons. The molecule has 0 saturated carbocycles. The molecule has 0 aromatic heterocycles. The molecule has 1 aliphatic rings. The van der Waals surface area contributed by atoms with Crippen molar-refractivity contribution in [2.24, 2.45) is 0 Å². The summed E-state index contributed by atoms with van der Waals surface area (Å²) in [6.45, 7) is 0. The molecule has 0 fully saturated rings. The third kappa shape index (κ3) is 1.48. The molecule has 1 aromatic rings. The first kappa shape index (κ1) is 7.35.